The predicted octanol–water partition coefficient (Wildman–Crippen LogP) is 2.73. The summed E-state index contributed by atoms with van der Waals surface area (Å²) < 4.78 is 0.804. The Morgan fingerprint density at radius 3 is 1.71 bits per heavy atom. The first kappa shape index (κ1) is 17.9. The van der Waals surface area contributed by atoms with E-state index in [2.05, 4.69) is 85.9 Å². The first-order valence-electron chi connectivity index (χ1n) is 8.35. The third-order valence-corrected chi connectivity index (χ3v) is 11.2. The molecule has 2 aromatic carbocycles. The van der Waals surface area contributed by atoms with Crippen LogP contribution in [0.5, 0.6) is 0 Å². The van der Waals surface area contributed by atoms with E-state index in [9.17, 15) is 0 Å². The van der Waals surface area contributed by atoms with Gasteiger partial charge in [-0.1, -0.05) is 0 Å². The minimum absolute atomic E-state index is 0. The van der Waals surface area contributed by atoms with E-state index in [1.54, 1.807) is 11.1 Å². The fourth-order valence-electron chi connectivity index (χ4n) is 3.92. The van der Waals surface area contributed by atoms with Gasteiger partial charge in [0.1, 0.15) is 0 Å². The van der Waals surface area contributed by atoms with Gasteiger partial charge in [-0.2, -0.15) is 0 Å². The molecule has 2 aliphatic rings. The smallest absolute Gasteiger partial charge is 1.00 e. The zero-order valence-corrected chi connectivity index (χ0v) is 17.4. The Hall–Kier alpha value is -0.859. The molecule has 0 radical (unpaired) electrons. The van der Waals surface area contributed by atoms with Crippen molar-refractivity contribution in [1.29, 1.82) is 0 Å². The van der Waals surface area contributed by atoms with Gasteiger partial charge in [-0.15, -0.1) is 0 Å². The van der Waals surface area contributed by atoms with Crippen LogP contribution in [0.1, 0.15) is 34.1 Å². The number of hydrogen-bond donors (Lipinski definition) is 0. The zero-order valence-electron chi connectivity index (χ0n) is 14.0. The van der Waals surface area contributed by atoms with Gasteiger partial charge in [-0.05, 0) is 0 Å². The third kappa shape index (κ3) is 3.28. The molecule has 0 aromatic heterocycles. The van der Waals surface area contributed by atoms with Crippen LogP contribution in [0, 0.1) is 0 Å². The topological polar surface area (TPSA) is 0 Å². The maximum Gasteiger partial charge on any atom is -1.00 e. The van der Waals surface area contributed by atoms with Crippen LogP contribution in [0.15, 0.2) is 60.7 Å². The molecule has 0 saturated heterocycles. The van der Waals surface area contributed by atoms with Crippen molar-refractivity contribution in [3.63, 3.8) is 0 Å². The van der Waals surface area contributed by atoms with E-state index in [4.69, 9.17) is 0 Å². The molecular weight excluding hydrogens is 364 g/mol. The average molecular weight is 385 g/mol. The van der Waals surface area contributed by atoms with E-state index in [1.165, 1.54) is 11.1 Å². The Kier molecular flexibility index (Phi) is 5.67. The van der Waals surface area contributed by atoms with Crippen LogP contribution in [0.25, 0.3) is 12.2 Å². The summed E-state index contributed by atoms with van der Waals surface area (Å²) >= 11 is 0.0653. The monoisotopic (exact) mass is 384 g/mol. The standard InChI is InChI=1S/C19H15.C2H6Si.ClH.Ti/c1-3-7-18-14(5-1)9-11-16(18)13-17-12-10-15-6-2-4-8-19(15)17;1-3-2;;/h1-13,16-17H;1-2H3;1H;/q;;;+1/p-1. The maximum absolute atomic E-state index is 2.51. The van der Waals surface area contributed by atoms with Gasteiger partial charge >= 0.3 is 148 Å². The van der Waals surface area contributed by atoms with Gasteiger partial charge in [0.25, 0.3) is 0 Å². The summed E-state index contributed by atoms with van der Waals surface area (Å²) in [5, 5.41) is 0. The van der Waals surface area contributed by atoms with Crippen LogP contribution >= 0.6 is 0 Å². The molecular formula is C21H21ClSiTi. The molecule has 0 saturated carbocycles. The Labute approximate surface area is 160 Å². The minimum atomic E-state index is -0.153. The number of halogens is 1. The molecule has 120 valence electrons. The van der Waals surface area contributed by atoms with Gasteiger partial charge in [-0.3, -0.25) is 0 Å². The summed E-state index contributed by atoms with van der Waals surface area (Å²) in [6, 6.07) is 18.0. The van der Waals surface area contributed by atoms with Crippen LogP contribution in [0.3, 0.4) is 0 Å². The molecule has 0 fully saturated rings. The van der Waals surface area contributed by atoms with Crippen molar-refractivity contribution in [3.8, 4) is 0 Å². The Balaban J connectivity index is 0.00000169. The number of benzene rings is 2. The zero-order chi connectivity index (χ0) is 15.8. The Bertz CT molecular complexity index is 772. The summed E-state index contributed by atoms with van der Waals surface area (Å²) in [6.07, 6.45) is 9.51. The summed E-state index contributed by atoms with van der Waals surface area (Å²) in [4.78, 5) is 0. The molecule has 0 bridgehead atoms. The largest absolute Gasteiger partial charge is 1.00 e. The maximum atomic E-state index is 2.51. The number of allylic oxidation sites excluding steroid dienone is 2. The number of hydrogen-bond acceptors (Lipinski definition) is 0. The van der Waals surface area contributed by atoms with Crippen molar-refractivity contribution in [2.24, 2.45) is 0 Å². The molecule has 0 N–H and O–H groups in total. The summed E-state index contributed by atoms with van der Waals surface area (Å²) in [7, 11) is 0. The van der Waals surface area contributed by atoms with E-state index in [0.717, 1.165) is 4.22 Å². The van der Waals surface area contributed by atoms with Crippen molar-refractivity contribution in [2.75, 3.05) is 0 Å². The third-order valence-electron chi connectivity index (χ3n) is 4.91. The summed E-state index contributed by atoms with van der Waals surface area (Å²) in [5.41, 5.74) is 5.99. The molecule has 0 aliphatic heterocycles. The van der Waals surface area contributed by atoms with Crippen molar-refractivity contribution < 1.29 is 30.3 Å². The van der Waals surface area contributed by atoms with Crippen molar-refractivity contribution in [2.45, 2.75) is 29.2 Å². The Morgan fingerprint density at radius 1 is 0.792 bits per heavy atom. The number of rotatable bonds is 3. The average Bonchev–Trinajstić information content (AvgIpc) is 3.17. The summed E-state index contributed by atoms with van der Waals surface area (Å²) in [5.74, 6) is 1.24. The molecule has 2 atom stereocenters. The molecule has 2 aliphatic carbocycles. The van der Waals surface area contributed by atoms with Gasteiger partial charge in [0.05, 0.1) is 0 Å². The molecule has 2 unspecified atom stereocenters. The molecule has 0 heterocycles. The number of fused-ring (bicyclic) bond motifs is 2. The molecule has 0 spiro atoms. The quantitative estimate of drug-likeness (QED) is 0.714. The van der Waals surface area contributed by atoms with Crippen LogP contribution in [-0.4, -0.2) is 6.19 Å². The molecule has 24 heavy (non-hydrogen) atoms. The van der Waals surface area contributed by atoms with Gasteiger partial charge in [0, 0.05) is 0 Å². The molecule has 0 nitrogen and oxygen atoms in total. The van der Waals surface area contributed by atoms with Crippen LogP contribution in [0.4, 0.5) is 0 Å². The fraction of sp³-hybridized carbons (Fsp3) is 0.238. The normalized spacial score (nSPS) is 20.8. The van der Waals surface area contributed by atoms with E-state index in [-0.39, 0.29) is 36.5 Å². The fourth-order valence-corrected chi connectivity index (χ4v) is 10.7. The van der Waals surface area contributed by atoms with Crippen molar-refractivity contribution in [1.82, 2.24) is 0 Å². The van der Waals surface area contributed by atoms with Crippen molar-refractivity contribution in [3.05, 3.63) is 82.9 Å². The summed E-state index contributed by atoms with van der Waals surface area (Å²) in [6.45, 7) is 5.01. The van der Waals surface area contributed by atoms with Crippen LogP contribution in [0.2, 0.25) is 17.3 Å². The van der Waals surface area contributed by atoms with Crippen molar-refractivity contribution >= 4 is 18.3 Å². The first-order chi connectivity index (χ1) is 11.2. The molecule has 3 heteroatoms. The minimum Gasteiger partial charge on any atom is -1.00 e. The van der Waals surface area contributed by atoms with E-state index in [0.29, 0.717) is 11.8 Å². The van der Waals surface area contributed by atoms with Crippen LogP contribution in [-0.2, 0) is 17.9 Å². The van der Waals surface area contributed by atoms with Gasteiger partial charge in [-0.25, -0.2) is 0 Å². The second kappa shape index (κ2) is 7.58. The second-order valence-corrected chi connectivity index (χ2v) is 16.1. The van der Waals surface area contributed by atoms with E-state index in [1.807, 2.05) is 0 Å². The molecule has 0 amide bonds. The first-order valence-corrected chi connectivity index (χ1v) is 14.1. The molecule has 4 rings (SSSR count). The molecule has 2 aromatic rings. The van der Waals surface area contributed by atoms with Gasteiger partial charge in [0.15, 0.2) is 0 Å². The van der Waals surface area contributed by atoms with E-state index >= 15 is 0 Å². The van der Waals surface area contributed by atoms with Gasteiger partial charge < -0.3 is 12.4 Å². The van der Waals surface area contributed by atoms with Gasteiger partial charge in [0.2, 0.25) is 0 Å². The SMILES string of the molecule is C[Si](C)=[Ti+][CH](C1C=Cc2ccccc21)C1C=Cc2ccccc21.[Cl-]. The Morgan fingerprint density at radius 2 is 1.25 bits per heavy atom. The second-order valence-electron chi connectivity index (χ2n) is 6.70. The van der Waals surface area contributed by atoms with E-state index < -0.39 is 0 Å². The van der Waals surface area contributed by atoms with Crippen LogP contribution < -0.4 is 12.4 Å². The predicted molar refractivity (Wildman–Crippen MR) is 97.7 cm³/mol.